The number of fused-ring (bicyclic) bond motifs is 5. The maximum absolute atomic E-state index is 7.00. The summed E-state index contributed by atoms with van der Waals surface area (Å²) in [7, 11) is 2.17. The number of hydrogen-bond donors (Lipinski definition) is 0. The van der Waals surface area contributed by atoms with Crippen LogP contribution in [0.15, 0.2) is 60.8 Å². The first kappa shape index (κ1) is 23.7. The van der Waals surface area contributed by atoms with E-state index in [0.717, 1.165) is 44.0 Å². The predicted octanol–water partition coefficient (Wildman–Crippen LogP) is 8.53. The molecule has 2 aliphatic rings. The Morgan fingerprint density at radius 3 is 2.42 bits per heavy atom. The molecule has 0 aliphatic carbocycles. The molecule has 7 rings (SSSR count). The van der Waals surface area contributed by atoms with Gasteiger partial charge in [0.25, 0.3) is 0 Å². The van der Waals surface area contributed by atoms with Gasteiger partial charge in [0.1, 0.15) is 18.5 Å². The summed E-state index contributed by atoms with van der Waals surface area (Å²) in [5, 5.41) is 7.67. The van der Waals surface area contributed by atoms with Crippen molar-refractivity contribution >= 4 is 32.3 Å². The lowest BCUT2D eigenvalue weighted by Gasteiger charge is -2.28. The van der Waals surface area contributed by atoms with E-state index < -0.39 is 0 Å². The quantitative estimate of drug-likeness (QED) is 0.175. The van der Waals surface area contributed by atoms with Crippen LogP contribution in [-0.2, 0) is 18.2 Å². The van der Waals surface area contributed by atoms with E-state index in [-0.39, 0.29) is 5.41 Å². The van der Waals surface area contributed by atoms with Gasteiger partial charge < -0.3 is 9.47 Å². The minimum absolute atomic E-state index is 0.133. The normalized spacial score (nSPS) is 15.7. The van der Waals surface area contributed by atoms with Crippen LogP contribution in [-0.4, -0.2) is 13.2 Å². The fraction of sp³-hybridized carbons (Fsp3) is 0.343. The van der Waals surface area contributed by atoms with E-state index in [1.54, 1.807) is 0 Å². The van der Waals surface area contributed by atoms with Crippen LogP contribution in [0.3, 0.4) is 0 Å². The molecular weight excluding hydrogens is 466 g/mol. The van der Waals surface area contributed by atoms with Crippen molar-refractivity contribution in [2.75, 3.05) is 13.2 Å². The lowest BCUT2D eigenvalue weighted by atomic mass is 9.81. The van der Waals surface area contributed by atoms with Crippen LogP contribution < -0.4 is 9.30 Å². The van der Waals surface area contributed by atoms with Gasteiger partial charge in [-0.3, -0.25) is 0 Å². The SMILES string of the molecule is Cc1c2c(c(CC(C)(C)C)c3ccccc13)Oc1cc3ccc(C4CCOCC4)cc3c3cc[n+](C)c-2c13. The number of aryl methyl sites for hydroxylation is 2. The van der Waals surface area contributed by atoms with E-state index in [4.69, 9.17) is 9.47 Å². The molecule has 0 unspecified atom stereocenters. The van der Waals surface area contributed by atoms with Gasteiger partial charge in [0, 0.05) is 30.2 Å². The molecule has 0 spiro atoms. The summed E-state index contributed by atoms with van der Waals surface area (Å²) in [6.45, 7) is 10.9. The van der Waals surface area contributed by atoms with Crippen molar-refractivity contribution < 1.29 is 14.0 Å². The van der Waals surface area contributed by atoms with Crippen LogP contribution in [0.5, 0.6) is 11.5 Å². The van der Waals surface area contributed by atoms with E-state index in [9.17, 15) is 0 Å². The fourth-order valence-corrected chi connectivity index (χ4v) is 6.80. The van der Waals surface area contributed by atoms with Crippen LogP contribution in [0.1, 0.15) is 56.2 Å². The Kier molecular flexibility index (Phi) is 5.32. The first-order valence-corrected chi connectivity index (χ1v) is 14.0. The summed E-state index contributed by atoms with van der Waals surface area (Å²) >= 11 is 0. The minimum atomic E-state index is 0.133. The fourth-order valence-electron chi connectivity index (χ4n) is 6.80. The molecule has 0 atom stereocenters. The Morgan fingerprint density at radius 2 is 1.66 bits per heavy atom. The number of rotatable bonds is 2. The Labute approximate surface area is 225 Å². The number of nitrogens with zero attached hydrogens (tertiary/aromatic N) is 1. The lowest BCUT2D eigenvalue weighted by Crippen LogP contribution is -2.32. The van der Waals surface area contributed by atoms with Crippen molar-refractivity contribution in [1.29, 1.82) is 0 Å². The Bertz CT molecular complexity index is 1750. The standard InChI is InChI=1S/C35H36NO2/c1-21-25-8-6-7-9-26(25)29(20-35(2,3)4)34-31(21)33-32-27(12-15-36(33)5)28-18-23(22-13-16-37-17-14-22)10-11-24(28)19-30(32)38-34/h6-12,15,18-19,22H,13-14,16-17,20H2,1-5H3/q+1. The van der Waals surface area contributed by atoms with E-state index >= 15 is 0 Å². The van der Waals surface area contributed by atoms with Crippen LogP contribution >= 0.6 is 0 Å². The molecule has 38 heavy (non-hydrogen) atoms. The Balaban J connectivity index is 1.55. The van der Waals surface area contributed by atoms with Crippen molar-refractivity contribution in [3.8, 4) is 22.8 Å². The maximum atomic E-state index is 7.00. The van der Waals surface area contributed by atoms with Gasteiger partial charge >= 0.3 is 0 Å². The molecule has 4 aromatic carbocycles. The third-order valence-electron chi connectivity index (χ3n) is 8.61. The second kappa shape index (κ2) is 8.54. The molecular formula is C35H36NO2+. The van der Waals surface area contributed by atoms with Gasteiger partial charge in [0.05, 0.1) is 10.9 Å². The van der Waals surface area contributed by atoms with Crippen molar-refractivity contribution in [1.82, 2.24) is 0 Å². The van der Waals surface area contributed by atoms with E-state index in [1.165, 1.54) is 60.3 Å². The summed E-state index contributed by atoms with van der Waals surface area (Å²) in [5.41, 5.74) is 6.66. The van der Waals surface area contributed by atoms with E-state index in [1.807, 2.05) is 0 Å². The van der Waals surface area contributed by atoms with Gasteiger partial charge in [-0.25, -0.2) is 4.57 Å². The Hall–Kier alpha value is -3.43. The summed E-state index contributed by atoms with van der Waals surface area (Å²) in [4.78, 5) is 0. The molecule has 5 aromatic rings. The average Bonchev–Trinajstić information content (AvgIpc) is 2.91. The highest BCUT2D eigenvalue weighted by molar-refractivity contribution is 6.16. The summed E-state index contributed by atoms with van der Waals surface area (Å²) < 4.78 is 14.9. The summed E-state index contributed by atoms with van der Waals surface area (Å²) in [5.74, 6) is 2.57. The van der Waals surface area contributed by atoms with Gasteiger partial charge in [-0.15, -0.1) is 0 Å². The van der Waals surface area contributed by atoms with Gasteiger partial charge in [-0.2, -0.15) is 0 Å². The number of hydrogen-bond acceptors (Lipinski definition) is 2. The first-order chi connectivity index (χ1) is 18.3. The van der Waals surface area contributed by atoms with Crippen LogP contribution in [0.25, 0.3) is 43.6 Å². The molecule has 3 heterocycles. The summed E-state index contributed by atoms with van der Waals surface area (Å²) in [6, 6.07) is 20.4. The molecule has 0 bridgehead atoms. The van der Waals surface area contributed by atoms with Gasteiger partial charge in [0.15, 0.2) is 6.20 Å². The van der Waals surface area contributed by atoms with E-state index in [0.29, 0.717) is 5.92 Å². The molecule has 0 radical (unpaired) electrons. The van der Waals surface area contributed by atoms with Gasteiger partial charge in [0.2, 0.25) is 5.69 Å². The molecule has 1 fully saturated rings. The maximum Gasteiger partial charge on any atom is 0.228 e. The molecule has 1 saturated heterocycles. The molecule has 2 aliphatic heterocycles. The number of ether oxygens (including phenoxy) is 2. The predicted molar refractivity (Wildman–Crippen MR) is 156 cm³/mol. The highest BCUT2D eigenvalue weighted by Gasteiger charge is 2.34. The van der Waals surface area contributed by atoms with Crippen LogP contribution in [0.2, 0.25) is 0 Å². The highest BCUT2D eigenvalue weighted by atomic mass is 16.5. The summed E-state index contributed by atoms with van der Waals surface area (Å²) in [6.07, 6.45) is 5.38. The van der Waals surface area contributed by atoms with Gasteiger partial charge in [-0.1, -0.05) is 63.2 Å². The molecule has 3 nitrogen and oxygen atoms in total. The molecule has 1 aromatic heterocycles. The monoisotopic (exact) mass is 502 g/mol. The number of pyridine rings is 1. The minimum Gasteiger partial charge on any atom is -0.455 e. The average molecular weight is 503 g/mol. The second-order valence-corrected chi connectivity index (χ2v) is 12.5. The molecule has 0 amide bonds. The van der Waals surface area contributed by atoms with Crippen molar-refractivity contribution in [2.45, 2.75) is 52.9 Å². The van der Waals surface area contributed by atoms with E-state index in [2.05, 4.69) is 100 Å². The first-order valence-electron chi connectivity index (χ1n) is 14.0. The Morgan fingerprint density at radius 1 is 0.895 bits per heavy atom. The third kappa shape index (κ3) is 3.63. The molecule has 0 saturated carbocycles. The molecule has 0 N–H and O–H groups in total. The van der Waals surface area contributed by atoms with Crippen LogP contribution in [0, 0.1) is 12.3 Å². The van der Waals surface area contributed by atoms with Crippen molar-refractivity contribution in [2.24, 2.45) is 12.5 Å². The molecule has 3 heteroatoms. The number of benzene rings is 4. The van der Waals surface area contributed by atoms with Gasteiger partial charge in [-0.05, 0) is 76.3 Å². The lowest BCUT2D eigenvalue weighted by molar-refractivity contribution is -0.659. The van der Waals surface area contributed by atoms with Crippen molar-refractivity contribution in [3.63, 3.8) is 0 Å². The second-order valence-electron chi connectivity index (χ2n) is 12.5. The van der Waals surface area contributed by atoms with Crippen molar-refractivity contribution in [3.05, 3.63) is 77.5 Å². The largest absolute Gasteiger partial charge is 0.455 e. The topological polar surface area (TPSA) is 22.3 Å². The highest BCUT2D eigenvalue weighted by Crippen LogP contribution is 2.52. The van der Waals surface area contributed by atoms with Crippen LogP contribution in [0.4, 0.5) is 0 Å². The smallest absolute Gasteiger partial charge is 0.228 e. The third-order valence-corrected chi connectivity index (χ3v) is 8.61. The zero-order chi connectivity index (χ0) is 26.2. The zero-order valence-corrected chi connectivity index (χ0v) is 23.2. The molecule has 192 valence electrons. The zero-order valence-electron chi connectivity index (χ0n) is 23.2. The number of aromatic nitrogens is 1.